The summed E-state index contributed by atoms with van der Waals surface area (Å²) < 4.78 is 0. The van der Waals surface area contributed by atoms with Gasteiger partial charge in [0.25, 0.3) is 0 Å². The average molecular weight is 188 g/mol. The fourth-order valence-corrected chi connectivity index (χ4v) is 1.32. The van der Waals surface area contributed by atoms with Crippen LogP contribution in [0.4, 0.5) is 5.69 Å². The van der Waals surface area contributed by atoms with E-state index in [2.05, 4.69) is 23.1 Å². The van der Waals surface area contributed by atoms with Gasteiger partial charge in [0, 0.05) is 17.6 Å². The van der Waals surface area contributed by atoms with Crippen LogP contribution >= 0.6 is 0 Å². The Hall–Kier alpha value is -1.49. The zero-order valence-corrected chi connectivity index (χ0v) is 8.75. The van der Waals surface area contributed by atoms with Gasteiger partial charge in [-0.05, 0) is 25.5 Å². The molecule has 1 rings (SSSR count). The average Bonchev–Trinajstić information content (AvgIpc) is 2.17. The number of terminal acetylenes is 1. The molecule has 2 heteroatoms. The summed E-state index contributed by atoms with van der Waals surface area (Å²) in [7, 11) is 0. The van der Waals surface area contributed by atoms with Crippen LogP contribution in [0.15, 0.2) is 18.3 Å². The Labute approximate surface area is 85.8 Å². The van der Waals surface area contributed by atoms with E-state index in [0.29, 0.717) is 0 Å². The van der Waals surface area contributed by atoms with Crippen molar-refractivity contribution in [3.8, 4) is 12.3 Å². The second-order valence-electron chi connectivity index (χ2n) is 3.34. The van der Waals surface area contributed by atoms with E-state index in [1.165, 1.54) is 0 Å². The van der Waals surface area contributed by atoms with Gasteiger partial charge in [0.05, 0.1) is 6.04 Å². The number of aryl methyl sites for hydroxylation is 1. The van der Waals surface area contributed by atoms with Crippen LogP contribution in [-0.4, -0.2) is 11.0 Å². The van der Waals surface area contributed by atoms with E-state index in [1.807, 2.05) is 19.1 Å². The molecule has 1 heterocycles. The fourth-order valence-electron chi connectivity index (χ4n) is 1.32. The Morgan fingerprint density at radius 3 is 3.00 bits per heavy atom. The lowest BCUT2D eigenvalue weighted by Crippen LogP contribution is -2.16. The summed E-state index contributed by atoms with van der Waals surface area (Å²) in [6.45, 7) is 4.10. The Morgan fingerprint density at radius 2 is 2.43 bits per heavy atom. The van der Waals surface area contributed by atoms with Crippen LogP contribution in [0, 0.1) is 19.3 Å². The van der Waals surface area contributed by atoms with Gasteiger partial charge in [-0.2, -0.15) is 0 Å². The third-order valence-corrected chi connectivity index (χ3v) is 2.02. The highest BCUT2D eigenvalue weighted by Crippen LogP contribution is 2.10. The monoisotopic (exact) mass is 188 g/mol. The summed E-state index contributed by atoms with van der Waals surface area (Å²) in [6.07, 6.45) is 9.29. The minimum absolute atomic E-state index is 0.127. The van der Waals surface area contributed by atoms with Crippen molar-refractivity contribution >= 4 is 5.69 Å². The molecule has 1 unspecified atom stereocenters. The van der Waals surface area contributed by atoms with Gasteiger partial charge in [0.2, 0.25) is 0 Å². The Balaban J connectivity index is 2.63. The number of pyridine rings is 1. The van der Waals surface area contributed by atoms with Crippen LogP contribution in [-0.2, 0) is 0 Å². The number of aromatic nitrogens is 1. The number of hydrogen-bond donors (Lipinski definition) is 1. The minimum Gasteiger partial charge on any atom is -0.371 e. The van der Waals surface area contributed by atoms with Gasteiger partial charge < -0.3 is 5.32 Å². The molecule has 0 aromatic carbocycles. The number of nitrogens with zero attached hydrogens (tertiary/aromatic N) is 1. The summed E-state index contributed by atoms with van der Waals surface area (Å²) in [4.78, 5) is 4.13. The van der Waals surface area contributed by atoms with Crippen molar-refractivity contribution in [3.63, 3.8) is 0 Å². The highest BCUT2D eigenvalue weighted by molar-refractivity contribution is 5.45. The lowest BCUT2D eigenvalue weighted by molar-refractivity contribution is 0.755. The molecule has 0 aliphatic rings. The van der Waals surface area contributed by atoms with Crippen LogP contribution in [0.5, 0.6) is 0 Å². The molecule has 74 valence electrons. The van der Waals surface area contributed by atoms with Crippen LogP contribution in [0.25, 0.3) is 0 Å². The van der Waals surface area contributed by atoms with Crippen molar-refractivity contribution in [1.29, 1.82) is 0 Å². The zero-order valence-electron chi connectivity index (χ0n) is 8.75. The topological polar surface area (TPSA) is 24.9 Å². The standard InChI is InChI=1S/C12H16N2/c1-4-6-11(5-2)14-12-7-8-13-10(3)9-12/h2,7-9,11H,4,6H2,1,3H3,(H,13,14). The van der Waals surface area contributed by atoms with Gasteiger partial charge in [0.1, 0.15) is 0 Å². The first-order valence-corrected chi connectivity index (χ1v) is 4.91. The highest BCUT2D eigenvalue weighted by atomic mass is 14.9. The predicted molar refractivity (Wildman–Crippen MR) is 60.1 cm³/mol. The quantitative estimate of drug-likeness (QED) is 0.735. The molecule has 0 spiro atoms. The minimum atomic E-state index is 0.127. The van der Waals surface area contributed by atoms with E-state index in [9.17, 15) is 0 Å². The van der Waals surface area contributed by atoms with Gasteiger partial charge in [-0.3, -0.25) is 4.98 Å². The van der Waals surface area contributed by atoms with Gasteiger partial charge in [-0.1, -0.05) is 19.3 Å². The normalized spacial score (nSPS) is 11.8. The molecular formula is C12H16N2. The molecule has 0 aliphatic carbocycles. The highest BCUT2D eigenvalue weighted by Gasteiger charge is 2.02. The van der Waals surface area contributed by atoms with E-state index >= 15 is 0 Å². The molecule has 0 bridgehead atoms. The van der Waals surface area contributed by atoms with Crippen LogP contribution in [0.2, 0.25) is 0 Å². The second-order valence-corrected chi connectivity index (χ2v) is 3.34. The molecule has 0 radical (unpaired) electrons. The maximum absolute atomic E-state index is 5.42. The van der Waals surface area contributed by atoms with Crippen LogP contribution < -0.4 is 5.32 Å². The number of rotatable bonds is 4. The predicted octanol–water partition coefficient (Wildman–Crippen LogP) is 2.60. The van der Waals surface area contributed by atoms with Crippen LogP contribution in [0.3, 0.4) is 0 Å². The molecule has 1 aromatic heterocycles. The van der Waals surface area contributed by atoms with E-state index in [0.717, 1.165) is 24.2 Å². The first kappa shape index (κ1) is 10.6. The van der Waals surface area contributed by atoms with Crippen molar-refractivity contribution in [2.24, 2.45) is 0 Å². The third kappa shape index (κ3) is 3.10. The SMILES string of the molecule is C#CC(CCC)Nc1ccnc(C)c1. The molecule has 0 saturated carbocycles. The first-order chi connectivity index (χ1) is 6.76. The number of nitrogens with one attached hydrogen (secondary N) is 1. The van der Waals surface area contributed by atoms with Gasteiger partial charge in [-0.15, -0.1) is 6.42 Å². The van der Waals surface area contributed by atoms with Crippen molar-refractivity contribution in [2.75, 3.05) is 5.32 Å². The van der Waals surface area contributed by atoms with Crippen molar-refractivity contribution in [3.05, 3.63) is 24.0 Å². The van der Waals surface area contributed by atoms with Crippen molar-refractivity contribution in [1.82, 2.24) is 4.98 Å². The van der Waals surface area contributed by atoms with E-state index in [1.54, 1.807) is 6.20 Å². The molecule has 2 nitrogen and oxygen atoms in total. The van der Waals surface area contributed by atoms with Gasteiger partial charge >= 0.3 is 0 Å². The smallest absolute Gasteiger partial charge is 0.0874 e. The molecule has 0 saturated heterocycles. The van der Waals surface area contributed by atoms with E-state index in [4.69, 9.17) is 6.42 Å². The van der Waals surface area contributed by atoms with Gasteiger partial charge in [0.15, 0.2) is 0 Å². The lowest BCUT2D eigenvalue weighted by atomic mass is 10.1. The largest absolute Gasteiger partial charge is 0.371 e. The molecule has 0 amide bonds. The van der Waals surface area contributed by atoms with E-state index < -0.39 is 0 Å². The molecule has 1 aromatic rings. The maximum Gasteiger partial charge on any atom is 0.0874 e. The summed E-state index contributed by atoms with van der Waals surface area (Å²) in [6, 6.07) is 4.06. The number of anilines is 1. The van der Waals surface area contributed by atoms with Crippen molar-refractivity contribution in [2.45, 2.75) is 32.7 Å². The third-order valence-electron chi connectivity index (χ3n) is 2.02. The molecule has 0 fully saturated rings. The second kappa shape index (κ2) is 5.29. The fraction of sp³-hybridized carbons (Fsp3) is 0.417. The number of hydrogen-bond acceptors (Lipinski definition) is 2. The molecular weight excluding hydrogens is 172 g/mol. The molecule has 14 heavy (non-hydrogen) atoms. The zero-order chi connectivity index (χ0) is 10.4. The summed E-state index contributed by atoms with van der Waals surface area (Å²) in [5.41, 5.74) is 2.05. The molecule has 0 aliphatic heterocycles. The summed E-state index contributed by atoms with van der Waals surface area (Å²) in [5, 5.41) is 3.29. The molecule has 1 N–H and O–H groups in total. The van der Waals surface area contributed by atoms with Crippen LogP contribution in [0.1, 0.15) is 25.5 Å². The molecule has 1 atom stereocenters. The Kier molecular flexibility index (Phi) is 4.00. The summed E-state index contributed by atoms with van der Waals surface area (Å²) in [5.74, 6) is 2.74. The Morgan fingerprint density at radius 1 is 1.64 bits per heavy atom. The maximum atomic E-state index is 5.42. The van der Waals surface area contributed by atoms with Crippen molar-refractivity contribution < 1.29 is 0 Å². The van der Waals surface area contributed by atoms with E-state index in [-0.39, 0.29) is 6.04 Å². The lowest BCUT2D eigenvalue weighted by Gasteiger charge is -2.13. The first-order valence-electron chi connectivity index (χ1n) is 4.91. The summed E-state index contributed by atoms with van der Waals surface area (Å²) >= 11 is 0. The van der Waals surface area contributed by atoms with Gasteiger partial charge in [-0.25, -0.2) is 0 Å². The Bertz CT molecular complexity index is 325.